The first-order chi connectivity index (χ1) is 21.0. The summed E-state index contributed by atoms with van der Waals surface area (Å²) in [6.07, 6.45) is 1.28. The molecule has 218 valence electrons. The summed E-state index contributed by atoms with van der Waals surface area (Å²) in [6, 6.07) is 22.3. The number of aromatic nitrogens is 1. The predicted molar refractivity (Wildman–Crippen MR) is 161 cm³/mol. The van der Waals surface area contributed by atoms with Gasteiger partial charge in [0.2, 0.25) is 6.41 Å². The minimum absolute atomic E-state index is 0.0891. The van der Waals surface area contributed by atoms with Gasteiger partial charge in [-0.2, -0.15) is 0 Å². The van der Waals surface area contributed by atoms with Crippen LogP contribution in [0.5, 0.6) is 0 Å². The molecule has 1 saturated heterocycles. The third-order valence-electron chi connectivity index (χ3n) is 6.75. The monoisotopic (exact) mass is 597 g/mol. The summed E-state index contributed by atoms with van der Waals surface area (Å²) in [4.78, 5) is 61.7. The smallest absolute Gasteiger partial charge is 0.356 e. The van der Waals surface area contributed by atoms with E-state index in [9.17, 15) is 19.2 Å². The molecule has 2 aliphatic heterocycles. The van der Waals surface area contributed by atoms with E-state index < -0.39 is 35.3 Å². The van der Waals surface area contributed by atoms with Gasteiger partial charge in [0.05, 0.1) is 0 Å². The van der Waals surface area contributed by atoms with Crippen LogP contribution < -0.4 is 10.6 Å². The molecular formula is C31H27N5O6S. The first kappa shape index (κ1) is 29.3. The zero-order valence-corrected chi connectivity index (χ0v) is 23.8. The molecule has 12 heteroatoms. The molecule has 3 aromatic rings. The fraction of sp³-hybridized carbons (Fsp3) is 0.161. The normalized spacial score (nSPS) is 17.9. The first-order valence-corrected chi connectivity index (χ1v) is 14.2. The van der Waals surface area contributed by atoms with Gasteiger partial charge < -0.3 is 20.2 Å². The highest BCUT2D eigenvalue weighted by Crippen LogP contribution is 2.42. The fourth-order valence-corrected chi connectivity index (χ4v) is 6.09. The van der Waals surface area contributed by atoms with Gasteiger partial charge in [0.15, 0.2) is 11.8 Å². The Hall–Kier alpha value is -5.23. The Balaban J connectivity index is 1.37. The molecule has 0 aliphatic carbocycles. The Kier molecular flexibility index (Phi) is 8.96. The van der Waals surface area contributed by atoms with Crippen molar-refractivity contribution in [3.05, 3.63) is 120 Å². The van der Waals surface area contributed by atoms with Crippen molar-refractivity contribution in [1.29, 1.82) is 0 Å². The molecule has 1 unspecified atom stereocenters. The van der Waals surface area contributed by atoms with E-state index in [1.54, 1.807) is 6.07 Å². The summed E-state index contributed by atoms with van der Waals surface area (Å²) in [5, 5.41) is 8.32. The Morgan fingerprint density at radius 1 is 1.07 bits per heavy atom. The van der Waals surface area contributed by atoms with Crippen molar-refractivity contribution in [3.8, 4) is 0 Å². The predicted octanol–water partition coefficient (Wildman–Crippen LogP) is 3.17. The van der Waals surface area contributed by atoms with E-state index >= 15 is 0 Å². The second kappa shape index (κ2) is 13.2. The van der Waals surface area contributed by atoms with Gasteiger partial charge in [-0.15, -0.1) is 11.8 Å². The molecule has 0 saturated carbocycles. The summed E-state index contributed by atoms with van der Waals surface area (Å²) in [7, 11) is 1.27. The van der Waals surface area contributed by atoms with Crippen molar-refractivity contribution in [2.24, 2.45) is 5.16 Å². The Morgan fingerprint density at radius 3 is 2.35 bits per heavy atom. The topological polar surface area (TPSA) is 139 Å². The second-order valence-corrected chi connectivity index (χ2v) is 10.4. The van der Waals surface area contributed by atoms with Crippen LogP contribution in [0.1, 0.15) is 22.9 Å². The molecule has 0 bridgehead atoms. The molecule has 2 atom stereocenters. The summed E-state index contributed by atoms with van der Waals surface area (Å²) in [6.45, 7) is 3.84. The Labute approximate surface area is 251 Å². The van der Waals surface area contributed by atoms with E-state index in [0.29, 0.717) is 17.7 Å². The standard InChI is InChI=1S/C31H27N5O6S/c1-3-19-17-43-30-25(34-28(38)24(35-41-2)22-15-10-16-23(33-22)32-18-37)29(39)36(30)26(19)31(40)42-27(20-11-6-4-7-12-20)21-13-8-5-9-14-21/h3-16,18,25,27,30H,1,17H2,2H3,(H,34,38)(H,32,33,37)/t25?,30-/m1/s1. The molecule has 2 N–H and O–H groups in total. The van der Waals surface area contributed by atoms with E-state index in [1.807, 2.05) is 60.7 Å². The number of pyridine rings is 1. The molecule has 43 heavy (non-hydrogen) atoms. The highest BCUT2D eigenvalue weighted by Gasteiger charge is 2.54. The number of β-lactam (4-membered cyclic amide) rings is 1. The lowest BCUT2D eigenvalue weighted by Crippen LogP contribution is -2.71. The van der Waals surface area contributed by atoms with Crippen LogP contribution in [0.15, 0.2) is 108 Å². The van der Waals surface area contributed by atoms with Crippen molar-refractivity contribution in [2.45, 2.75) is 17.5 Å². The number of ether oxygens (including phenoxy) is 1. The van der Waals surface area contributed by atoms with Gasteiger partial charge in [0, 0.05) is 5.75 Å². The van der Waals surface area contributed by atoms with Crippen LogP contribution in [-0.4, -0.2) is 64.1 Å². The molecule has 2 aliphatic rings. The zero-order chi connectivity index (χ0) is 30.3. The number of nitrogens with one attached hydrogen (secondary N) is 2. The number of carbonyl (C=O) groups is 4. The van der Waals surface area contributed by atoms with Crippen molar-refractivity contribution >= 4 is 47.5 Å². The highest BCUT2D eigenvalue weighted by molar-refractivity contribution is 8.00. The molecule has 0 spiro atoms. The third-order valence-corrected chi connectivity index (χ3v) is 8.05. The minimum Gasteiger partial charge on any atom is -0.448 e. The molecule has 3 amide bonds. The minimum atomic E-state index is -0.955. The number of hydrogen-bond donors (Lipinski definition) is 2. The average molecular weight is 598 g/mol. The number of hydrogen-bond acceptors (Lipinski definition) is 9. The second-order valence-electron chi connectivity index (χ2n) is 9.34. The van der Waals surface area contributed by atoms with Gasteiger partial charge in [-0.1, -0.05) is 84.5 Å². The van der Waals surface area contributed by atoms with Crippen molar-refractivity contribution in [3.63, 3.8) is 0 Å². The van der Waals surface area contributed by atoms with Crippen LogP contribution >= 0.6 is 11.8 Å². The van der Waals surface area contributed by atoms with E-state index in [0.717, 1.165) is 11.1 Å². The molecular weight excluding hydrogens is 570 g/mol. The SMILES string of the molecule is C=CC1=C(C(=O)OC(c2ccccc2)c2ccccc2)N2C(=O)C(NC(=O)C(=NOC)c3cccc(NC=O)n3)[C@H]2SC1. The number of thioether (sulfide) groups is 1. The maximum atomic E-state index is 13.8. The number of benzene rings is 2. The number of carbonyl (C=O) groups excluding carboxylic acids is 4. The lowest BCUT2D eigenvalue weighted by Gasteiger charge is -2.49. The Morgan fingerprint density at radius 2 is 1.74 bits per heavy atom. The first-order valence-electron chi connectivity index (χ1n) is 13.2. The van der Waals surface area contributed by atoms with Gasteiger partial charge in [-0.25, -0.2) is 9.78 Å². The van der Waals surface area contributed by atoms with Crippen LogP contribution in [0.3, 0.4) is 0 Å². The number of anilines is 1. The van der Waals surface area contributed by atoms with Gasteiger partial charge >= 0.3 is 5.97 Å². The molecule has 2 aromatic carbocycles. The highest BCUT2D eigenvalue weighted by atomic mass is 32.2. The largest absolute Gasteiger partial charge is 0.448 e. The molecule has 1 aromatic heterocycles. The molecule has 3 heterocycles. The maximum absolute atomic E-state index is 13.8. The fourth-order valence-electron chi connectivity index (χ4n) is 4.75. The lowest BCUT2D eigenvalue weighted by molar-refractivity contribution is -0.154. The van der Waals surface area contributed by atoms with Gasteiger partial charge in [0.1, 0.15) is 35.7 Å². The summed E-state index contributed by atoms with van der Waals surface area (Å²) < 4.78 is 6.06. The van der Waals surface area contributed by atoms with E-state index in [2.05, 4.69) is 27.4 Å². The summed E-state index contributed by atoms with van der Waals surface area (Å²) in [5.41, 5.74) is 2.11. The van der Waals surface area contributed by atoms with Crippen molar-refractivity contribution in [1.82, 2.24) is 15.2 Å². The van der Waals surface area contributed by atoms with Crippen LogP contribution in [0.2, 0.25) is 0 Å². The number of rotatable bonds is 11. The summed E-state index contributed by atoms with van der Waals surface area (Å²) >= 11 is 1.38. The third kappa shape index (κ3) is 6.04. The maximum Gasteiger partial charge on any atom is 0.356 e. The number of esters is 1. The number of allylic oxidation sites excluding steroid dienone is 1. The van der Waals surface area contributed by atoms with E-state index in [4.69, 9.17) is 9.57 Å². The van der Waals surface area contributed by atoms with Crippen molar-refractivity contribution < 1.29 is 28.8 Å². The number of fused-ring (bicyclic) bond motifs is 1. The molecule has 5 rings (SSSR count). The Bertz CT molecular complexity index is 1570. The molecule has 0 radical (unpaired) electrons. The number of amides is 3. The lowest BCUT2D eigenvalue weighted by atomic mass is 10.0. The number of oxime groups is 1. The van der Waals surface area contributed by atoms with Crippen LogP contribution in [-0.2, 0) is 28.8 Å². The van der Waals surface area contributed by atoms with Crippen LogP contribution in [0.25, 0.3) is 0 Å². The average Bonchev–Trinajstić information content (AvgIpc) is 3.05. The van der Waals surface area contributed by atoms with Crippen LogP contribution in [0.4, 0.5) is 5.82 Å². The van der Waals surface area contributed by atoms with Gasteiger partial charge in [-0.3, -0.25) is 19.3 Å². The van der Waals surface area contributed by atoms with Gasteiger partial charge in [0.25, 0.3) is 11.8 Å². The van der Waals surface area contributed by atoms with Gasteiger partial charge in [-0.05, 0) is 28.8 Å². The number of nitrogens with zero attached hydrogens (tertiary/aromatic N) is 3. The van der Waals surface area contributed by atoms with E-state index in [1.165, 1.54) is 42.0 Å². The van der Waals surface area contributed by atoms with E-state index in [-0.39, 0.29) is 22.9 Å². The molecule has 11 nitrogen and oxygen atoms in total. The quantitative estimate of drug-likeness (QED) is 0.113. The summed E-state index contributed by atoms with van der Waals surface area (Å²) in [5.74, 6) is -1.31. The zero-order valence-electron chi connectivity index (χ0n) is 23.0. The van der Waals surface area contributed by atoms with Crippen LogP contribution in [0, 0.1) is 0 Å². The molecule has 1 fully saturated rings. The van der Waals surface area contributed by atoms with Crippen molar-refractivity contribution in [2.75, 3.05) is 18.2 Å².